The summed E-state index contributed by atoms with van der Waals surface area (Å²) in [6, 6.07) is 6.58. The van der Waals surface area contributed by atoms with E-state index in [9.17, 15) is 0 Å². The minimum Gasteiger partial charge on any atom is -0.323 e. The molecule has 0 saturated heterocycles. The van der Waals surface area contributed by atoms with Crippen molar-refractivity contribution in [2.75, 3.05) is 0 Å². The van der Waals surface area contributed by atoms with Gasteiger partial charge in [0.25, 0.3) is 0 Å². The van der Waals surface area contributed by atoms with Crippen LogP contribution in [0.4, 0.5) is 0 Å². The van der Waals surface area contributed by atoms with E-state index in [0.29, 0.717) is 0 Å². The summed E-state index contributed by atoms with van der Waals surface area (Å²) >= 11 is 1.69. The molecular formula is C14H18N2S. The monoisotopic (exact) mass is 246 g/mol. The van der Waals surface area contributed by atoms with Gasteiger partial charge in [-0.15, -0.1) is 11.3 Å². The molecule has 1 aromatic heterocycles. The van der Waals surface area contributed by atoms with Crippen molar-refractivity contribution < 1.29 is 0 Å². The highest BCUT2D eigenvalue weighted by Gasteiger charge is 2.11. The smallest absolute Gasteiger partial charge is 0.0897 e. The van der Waals surface area contributed by atoms with Gasteiger partial charge in [0.05, 0.1) is 5.01 Å². The minimum absolute atomic E-state index is 0.0571. The summed E-state index contributed by atoms with van der Waals surface area (Å²) in [6.07, 6.45) is 2.78. The maximum absolute atomic E-state index is 6.23. The average molecular weight is 246 g/mol. The molecule has 0 aliphatic rings. The number of thiazole rings is 1. The lowest BCUT2D eigenvalue weighted by Gasteiger charge is -2.12. The molecule has 2 rings (SSSR count). The number of nitrogens with two attached hydrogens (primary N) is 1. The number of hydrogen-bond acceptors (Lipinski definition) is 3. The van der Waals surface area contributed by atoms with E-state index in [-0.39, 0.29) is 6.04 Å². The zero-order valence-electron chi connectivity index (χ0n) is 10.5. The van der Waals surface area contributed by atoms with Crippen LogP contribution in [0.1, 0.15) is 32.6 Å². The molecule has 0 aliphatic heterocycles. The zero-order valence-corrected chi connectivity index (χ0v) is 11.3. The van der Waals surface area contributed by atoms with Crippen molar-refractivity contribution in [1.82, 2.24) is 4.98 Å². The van der Waals surface area contributed by atoms with Crippen LogP contribution in [-0.2, 0) is 6.42 Å². The molecule has 0 radical (unpaired) electrons. The maximum Gasteiger partial charge on any atom is 0.0897 e. The van der Waals surface area contributed by atoms with E-state index < -0.39 is 0 Å². The van der Waals surface area contributed by atoms with Gasteiger partial charge in [-0.25, -0.2) is 4.98 Å². The molecule has 1 unspecified atom stereocenters. The first-order chi connectivity index (χ1) is 8.06. The van der Waals surface area contributed by atoms with Crippen molar-refractivity contribution in [3.63, 3.8) is 0 Å². The number of nitrogens with zero attached hydrogens (tertiary/aromatic N) is 1. The molecule has 1 aromatic carbocycles. The molecule has 1 atom stereocenters. The van der Waals surface area contributed by atoms with Crippen LogP contribution in [-0.4, -0.2) is 4.98 Å². The van der Waals surface area contributed by atoms with E-state index in [0.717, 1.165) is 11.4 Å². The topological polar surface area (TPSA) is 38.9 Å². The Morgan fingerprint density at radius 3 is 2.71 bits per heavy atom. The molecule has 17 heavy (non-hydrogen) atoms. The standard InChI is InChI=1S/C14H18N2S/c1-9-4-5-10(2)12(6-9)7-13(15)14-8-16-11(3)17-14/h4-6,8,13H,7,15H2,1-3H3. The van der Waals surface area contributed by atoms with Crippen molar-refractivity contribution >= 4 is 11.3 Å². The Hall–Kier alpha value is -1.19. The van der Waals surface area contributed by atoms with E-state index in [1.54, 1.807) is 11.3 Å². The molecule has 0 aliphatic carbocycles. The molecule has 0 amide bonds. The van der Waals surface area contributed by atoms with Gasteiger partial charge in [-0.05, 0) is 38.3 Å². The van der Waals surface area contributed by atoms with E-state index in [1.807, 2.05) is 13.1 Å². The number of benzene rings is 1. The van der Waals surface area contributed by atoms with Crippen molar-refractivity contribution in [2.45, 2.75) is 33.2 Å². The molecule has 2 N–H and O–H groups in total. The highest BCUT2D eigenvalue weighted by Crippen LogP contribution is 2.23. The van der Waals surface area contributed by atoms with Crippen molar-refractivity contribution in [3.8, 4) is 0 Å². The fraction of sp³-hybridized carbons (Fsp3) is 0.357. The fourth-order valence-corrected chi connectivity index (χ4v) is 2.69. The quantitative estimate of drug-likeness (QED) is 0.902. The Labute approximate surface area is 107 Å². The molecule has 0 spiro atoms. The highest BCUT2D eigenvalue weighted by molar-refractivity contribution is 7.11. The van der Waals surface area contributed by atoms with Crippen LogP contribution in [0.5, 0.6) is 0 Å². The lowest BCUT2D eigenvalue weighted by molar-refractivity contribution is 0.730. The highest BCUT2D eigenvalue weighted by atomic mass is 32.1. The molecule has 3 heteroatoms. The van der Waals surface area contributed by atoms with Gasteiger partial charge >= 0.3 is 0 Å². The second-order valence-corrected chi connectivity index (χ2v) is 5.79. The Balaban J connectivity index is 2.18. The Morgan fingerprint density at radius 2 is 2.06 bits per heavy atom. The van der Waals surface area contributed by atoms with Crippen LogP contribution in [0, 0.1) is 20.8 Å². The minimum atomic E-state index is 0.0571. The molecular weight excluding hydrogens is 228 g/mol. The Kier molecular flexibility index (Phi) is 3.60. The molecule has 90 valence electrons. The second kappa shape index (κ2) is 4.98. The Bertz CT molecular complexity index is 517. The van der Waals surface area contributed by atoms with Gasteiger partial charge in [-0.3, -0.25) is 0 Å². The van der Waals surface area contributed by atoms with Gasteiger partial charge in [0.1, 0.15) is 0 Å². The average Bonchev–Trinajstić information content (AvgIpc) is 2.70. The third-order valence-electron chi connectivity index (χ3n) is 2.95. The maximum atomic E-state index is 6.23. The lowest BCUT2D eigenvalue weighted by Crippen LogP contribution is -2.12. The van der Waals surface area contributed by atoms with Crippen molar-refractivity contribution in [1.29, 1.82) is 0 Å². The molecule has 2 aromatic rings. The molecule has 0 bridgehead atoms. The van der Waals surface area contributed by atoms with Gasteiger partial charge < -0.3 is 5.73 Å². The lowest BCUT2D eigenvalue weighted by atomic mass is 9.99. The third kappa shape index (κ3) is 2.93. The first-order valence-electron chi connectivity index (χ1n) is 5.80. The predicted molar refractivity (Wildman–Crippen MR) is 73.4 cm³/mol. The first-order valence-corrected chi connectivity index (χ1v) is 6.62. The Morgan fingerprint density at radius 1 is 1.29 bits per heavy atom. The first kappa shape index (κ1) is 12.3. The van der Waals surface area contributed by atoms with Gasteiger partial charge in [-0.2, -0.15) is 0 Å². The van der Waals surface area contributed by atoms with Crippen LogP contribution in [0.15, 0.2) is 24.4 Å². The van der Waals surface area contributed by atoms with Crippen LogP contribution in [0.3, 0.4) is 0 Å². The van der Waals surface area contributed by atoms with E-state index >= 15 is 0 Å². The van der Waals surface area contributed by atoms with Crippen molar-refractivity contribution in [3.05, 3.63) is 51.0 Å². The van der Waals surface area contributed by atoms with Crippen LogP contribution >= 0.6 is 11.3 Å². The SMILES string of the molecule is Cc1ccc(C)c(CC(N)c2cnc(C)s2)c1. The second-order valence-electron chi connectivity index (χ2n) is 4.52. The largest absolute Gasteiger partial charge is 0.323 e. The van der Waals surface area contributed by atoms with Crippen molar-refractivity contribution in [2.24, 2.45) is 5.73 Å². The summed E-state index contributed by atoms with van der Waals surface area (Å²) in [6.45, 7) is 6.27. The van der Waals surface area contributed by atoms with Gasteiger partial charge in [-0.1, -0.05) is 23.8 Å². The number of rotatable bonds is 3. The molecule has 1 heterocycles. The summed E-state index contributed by atoms with van der Waals surface area (Å²) in [5.41, 5.74) is 10.2. The summed E-state index contributed by atoms with van der Waals surface area (Å²) in [4.78, 5) is 5.43. The summed E-state index contributed by atoms with van der Waals surface area (Å²) in [5, 5.41) is 1.08. The van der Waals surface area contributed by atoms with E-state index in [4.69, 9.17) is 5.73 Å². The van der Waals surface area contributed by atoms with Crippen LogP contribution < -0.4 is 5.73 Å². The number of aryl methyl sites for hydroxylation is 3. The number of hydrogen-bond donors (Lipinski definition) is 1. The summed E-state index contributed by atoms with van der Waals surface area (Å²) in [7, 11) is 0. The van der Waals surface area contributed by atoms with Crippen LogP contribution in [0.2, 0.25) is 0 Å². The fourth-order valence-electron chi connectivity index (χ4n) is 1.91. The molecule has 0 saturated carbocycles. The van der Waals surface area contributed by atoms with Gasteiger partial charge in [0, 0.05) is 17.1 Å². The third-order valence-corrected chi connectivity index (χ3v) is 3.99. The zero-order chi connectivity index (χ0) is 12.4. The number of aromatic nitrogens is 1. The van der Waals surface area contributed by atoms with E-state index in [2.05, 4.69) is 37.0 Å². The van der Waals surface area contributed by atoms with E-state index in [1.165, 1.54) is 21.6 Å². The van der Waals surface area contributed by atoms with Gasteiger partial charge in [0.15, 0.2) is 0 Å². The normalized spacial score (nSPS) is 12.7. The van der Waals surface area contributed by atoms with Gasteiger partial charge in [0.2, 0.25) is 0 Å². The summed E-state index contributed by atoms with van der Waals surface area (Å²) < 4.78 is 0. The summed E-state index contributed by atoms with van der Waals surface area (Å²) in [5.74, 6) is 0. The van der Waals surface area contributed by atoms with Crippen LogP contribution in [0.25, 0.3) is 0 Å². The molecule has 2 nitrogen and oxygen atoms in total. The predicted octanol–water partition coefficient (Wildman–Crippen LogP) is 3.31. The molecule has 0 fully saturated rings.